The molecule has 1 unspecified atom stereocenters. The number of nitrogens with zero attached hydrogens (tertiary/aromatic N) is 7. The topological polar surface area (TPSA) is 230 Å². The molecule has 0 spiro atoms. The number of fused-ring (bicyclic) bond motifs is 1. The number of Topliss-reactive ketones (excluding diaryl/α,β-unsaturated/α-hetero) is 1. The van der Waals surface area contributed by atoms with E-state index in [0.717, 1.165) is 49.4 Å². The third kappa shape index (κ3) is 13.0. The molecule has 6 aromatic rings. The molecule has 0 aliphatic carbocycles. The predicted molar refractivity (Wildman–Crippen MR) is 252 cm³/mol. The number of carbonyl (C=O) groups is 5. The molecule has 7 rings (SSSR count). The number of carbonyl (C=O) groups excluding carboxylic acids is 5. The summed E-state index contributed by atoms with van der Waals surface area (Å²) in [6, 6.07) is 14.6. The zero-order valence-corrected chi connectivity index (χ0v) is 38.9. The highest BCUT2D eigenvalue weighted by Crippen LogP contribution is 2.26. The van der Waals surface area contributed by atoms with E-state index in [1.807, 2.05) is 37.2 Å². The zero-order chi connectivity index (χ0) is 50.0. The fourth-order valence-electron chi connectivity index (χ4n) is 7.83. The van der Waals surface area contributed by atoms with E-state index in [-0.39, 0.29) is 64.6 Å². The van der Waals surface area contributed by atoms with Crippen molar-refractivity contribution in [2.24, 2.45) is 7.05 Å². The van der Waals surface area contributed by atoms with E-state index in [4.69, 9.17) is 9.15 Å². The maximum Gasteiger partial charge on any atom is 0.405 e. The highest BCUT2D eigenvalue weighted by atomic mass is 19.4. The summed E-state index contributed by atoms with van der Waals surface area (Å²) in [4.78, 5) is 86.9. The summed E-state index contributed by atoms with van der Waals surface area (Å²) >= 11 is 0. The standard InChI is InChI=1S/C48H54F3N11O8/c1-59(2)22-21-53-45(67)42-34(55-43(65)35-28-70-46(56-35)32-19-20-52-40(26-32)54-29-48(49,50)51)27-61(58-42)33-14-12-31(13-15-33)39(63)10-5-4-7-23-69-24-8-6-9-30-11-16-36-38(25-30)60(3)47(68)62(36)37-17-18-41(64)57-44(37)66/h11-16,19-20,25-28,37H,4-10,17-18,21-24,29H2,1-3H3,(H,52,54)(H,53,67)(H,55,65)(H,57,64,66). The van der Waals surface area contributed by atoms with Crippen LogP contribution in [0.25, 0.3) is 28.2 Å². The number of likely N-dealkylation sites (N-methyl/N-ethyl adjacent to an activating group) is 1. The molecule has 2 aromatic carbocycles. The largest absolute Gasteiger partial charge is 0.444 e. The van der Waals surface area contributed by atoms with Gasteiger partial charge in [0.1, 0.15) is 24.7 Å². The molecular weight excluding hydrogens is 916 g/mol. The first-order valence-electron chi connectivity index (χ1n) is 22.9. The number of unbranched alkanes of at least 4 members (excludes halogenated alkanes) is 3. The van der Waals surface area contributed by atoms with Gasteiger partial charge in [0.15, 0.2) is 17.2 Å². The van der Waals surface area contributed by atoms with Crippen LogP contribution in [0.1, 0.15) is 94.3 Å². The summed E-state index contributed by atoms with van der Waals surface area (Å²) in [6.07, 6.45) is 5.00. The van der Waals surface area contributed by atoms with Crippen LogP contribution >= 0.6 is 0 Å². The molecule has 4 N–H and O–H groups in total. The third-order valence-corrected chi connectivity index (χ3v) is 11.6. The number of aryl methyl sites for hydroxylation is 2. The van der Waals surface area contributed by atoms with Crippen LogP contribution in [-0.4, -0.2) is 116 Å². The first kappa shape index (κ1) is 50.4. The van der Waals surface area contributed by atoms with Crippen molar-refractivity contribution >= 4 is 52.0 Å². The molecule has 1 atom stereocenters. The van der Waals surface area contributed by atoms with Crippen LogP contribution in [-0.2, 0) is 27.8 Å². The average molecular weight is 970 g/mol. The van der Waals surface area contributed by atoms with Crippen molar-refractivity contribution in [1.29, 1.82) is 0 Å². The number of imide groups is 1. The van der Waals surface area contributed by atoms with E-state index in [2.05, 4.69) is 36.3 Å². The lowest BCUT2D eigenvalue weighted by molar-refractivity contribution is -0.135. The molecule has 4 amide bonds. The van der Waals surface area contributed by atoms with Gasteiger partial charge < -0.3 is 30.0 Å². The Hall–Kier alpha value is -7.46. The van der Waals surface area contributed by atoms with Crippen molar-refractivity contribution in [3.05, 3.63) is 106 Å². The van der Waals surface area contributed by atoms with E-state index in [1.165, 1.54) is 38.3 Å². The Labute approximate surface area is 399 Å². The van der Waals surface area contributed by atoms with Crippen LogP contribution in [0.15, 0.2) is 82.5 Å². The fraction of sp³-hybridized carbons (Fsp3) is 0.396. The minimum absolute atomic E-state index is 0.0276. The first-order chi connectivity index (χ1) is 33.5. The van der Waals surface area contributed by atoms with Gasteiger partial charge in [0.2, 0.25) is 17.7 Å². The molecular formula is C48H54F3N11O8. The minimum Gasteiger partial charge on any atom is -0.444 e. The van der Waals surface area contributed by atoms with Gasteiger partial charge in [-0.05, 0) is 107 Å². The van der Waals surface area contributed by atoms with E-state index < -0.39 is 36.5 Å². The normalized spacial score (nSPS) is 14.0. The molecule has 370 valence electrons. The van der Waals surface area contributed by atoms with E-state index in [9.17, 15) is 41.9 Å². The Morgan fingerprint density at radius 2 is 1.71 bits per heavy atom. The van der Waals surface area contributed by atoms with Crippen molar-refractivity contribution < 1.29 is 46.3 Å². The Kier molecular flexibility index (Phi) is 16.4. The van der Waals surface area contributed by atoms with Gasteiger partial charge in [0.25, 0.3) is 11.8 Å². The summed E-state index contributed by atoms with van der Waals surface area (Å²) in [5, 5.41) is 14.4. The van der Waals surface area contributed by atoms with Crippen molar-refractivity contribution in [2.75, 3.05) is 57.6 Å². The number of aromatic nitrogens is 6. The summed E-state index contributed by atoms with van der Waals surface area (Å²) < 4.78 is 53.9. The molecule has 70 heavy (non-hydrogen) atoms. The summed E-state index contributed by atoms with van der Waals surface area (Å²) in [5.41, 5.74) is 3.27. The van der Waals surface area contributed by atoms with Gasteiger partial charge in [0, 0.05) is 63.5 Å². The number of hydrogen-bond acceptors (Lipinski definition) is 13. The number of piperidine rings is 1. The fourth-order valence-corrected chi connectivity index (χ4v) is 7.83. The Bertz CT molecular complexity index is 2900. The number of amides is 4. The molecule has 4 aromatic heterocycles. The van der Waals surface area contributed by atoms with Crippen LogP contribution < -0.4 is 27.0 Å². The lowest BCUT2D eigenvalue weighted by atomic mass is 10.0. The van der Waals surface area contributed by atoms with Gasteiger partial charge >= 0.3 is 11.9 Å². The SMILES string of the molecule is CN(C)CCNC(=O)c1nn(-c2ccc(C(=O)CCCCCOCCCCc3ccc4c(c3)n(C)c(=O)n4C3CCC(=O)NC3=O)cc2)cc1NC(=O)c1coc(-c2ccnc(NCC(F)(F)F)c2)n1. The van der Waals surface area contributed by atoms with Gasteiger partial charge in [-0.15, -0.1) is 0 Å². The second kappa shape index (κ2) is 22.8. The van der Waals surface area contributed by atoms with Gasteiger partial charge in [-0.3, -0.25) is 38.4 Å². The van der Waals surface area contributed by atoms with Crippen LogP contribution in [0.2, 0.25) is 0 Å². The lowest BCUT2D eigenvalue weighted by Gasteiger charge is -2.21. The zero-order valence-electron chi connectivity index (χ0n) is 38.9. The number of nitrogens with one attached hydrogen (secondary N) is 4. The number of imidazole rings is 1. The smallest absolute Gasteiger partial charge is 0.405 e. The van der Waals surface area contributed by atoms with Crippen LogP contribution in [0, 0.1) is 0 Å². The summed E-state index contributed by atoms with van der Waals surface area (Å²) in [7, 11) is 5.39. The average Bonchev–Trinajstić information content (AvgIpc) is 4.06. The number of halogens is 3. The quantitative estimate of drug-likeness (QED) is 0.0336. The molecule has 0 saturated carbocycles. The summed E-state index contributed by atoms with van der Waals surface area (Å²) in [6.45, 7) is 0.726. The maximum absolute atomic E-state index is 13.4. The van der Waals surface area contributed by atoms with E-state index >= 15 is 0 Å². The Balaban J connectivity index is 0.858. The number of pyridine rings is 1. The molecule has 1 saturated heterocycles. The number of ether oxygens (including phenoxy) is 1. The molecule has 19 nitrogen and oxygen atoms in total. The molecule has 1 aliphatic rings. The molecule has 22 heteroatoms. The van der Waals surface area contributed by atoms with Crippen LogP contribution in [0.5, 0.6) is 0 Å². The Morgan fingerprint density at radius 1 is 0.943 bits per heavy atom. The van der Waals surface area contributed by atoms with Crippen molar-refractivity contribution in [1.82, 2.24) is 44.4 Å². The van der Waals surface area contributed by atoms with Crippen molar-refractivity contribution in [2.45, 2.75) is 70.0 Å². The number of oxazole rings is 1. The number of rotatable bonds is 23. The molecule has 0 radical (unpaired) electrons. The number of benzene rings is 2. The predicted octanol–water partition coefficient (Wildman–Crippen LogP) is 5.85. The second-order valence-corrected chi connectivity index (χ2v) is 17.1. The number of hydrogen-bond donors (Lipinski definition) is 4. The van der Waals surface area contributed by atoms with E-state index in [1.54, 1.807) is 31.3 Å². The van der Waals surface area contributed by atoms with Gasteiger partial charge in [-0.25, -0.2) is 19.4 Å². The van der Waals surface area contributed by atoms with Crippen LogP contribution in [0.3, 0.4) is 0 Å². The molecule has 1 aliphatic heterocycles. The minimum atomic E-state index is -4.46. The molecule has 1 fully saturated rings. The highest BCUT2D eigenvalue weighted by Gasteiger charge is 2.31. The van der Waals surface area contributed by atoms with Gasteiger partial charge in [0.05, 0.1) is 28.6 Å². The maximum atomic E-state index is 13.4. The second-order valence-electron chi connectivity index (χ2n) is 17.1. The number of ketones is 1. The van der Waals surface area contributed by atoms with E-state index in [0.29, 0.717) is 55.9 Å². The molecule has 0 bridgehead atoms. The first-order valence-corrected chi connectivity index (χ1v) is 22.9. The molecule has 5 heterocycles. The van der Waals surface area contributed by atoms with Crippen LogP contribution in [0.4, 0.5) is 24.7 Å². The van der Waals surface area contributed by atoms with Crippen molar-refractivity contribution in [3.63, 3.8) is 0 Å². The third-order valence-electron chi connectivity index (χ3n) is 11.6. The lowest BCUT2D eigenvalue weighted by Crippen LogP contribution is -2.44. The summed E-state index contributed by atoms with van der Waals surface area (Å²) in [5.74, 6) is -2.22. The highest BCUT2D eigenvalue weighted by molar-refractivity contribution is 6.07. The van der Waals surface area contributed by atoms with Gasteiger partial charge in [-0.2, -0.15) is 18.3 Å². The number of anilines is 2. The Morgan fingerprint density at radius 3 is 2.46 bits per heavy atom. The number of alkyl halides is 3. The monoisotopic (exact) mass is 969 g/mol. The van der Waals surface area contributed by atoms with Crippen molar-refractivity contribution in [3.8, 4) is 17.1 Å². The van der Waals surface area contributed by atoms with Gasteiger partial charge in [-0.1, -0.05) is 12.5 Å².